The molecule has 160 valence electrons. The van der Waals surface area contributed by atoms with E-state index in [0.29, 0.717) is 18.8 Å². The van der Waals surface area contributed by atoms with E-state index in [4.69, 9.17) is 4.99 Å². The Labute approximate surface area is 197 Å². The molecule has 2 N–H and O–H groups in total. The number of halogens is 1. The Morgan fingerprint density at radius 1 is 1.03 bits per heavy atom. The van der Waals surface area contributed by atoms with Crippen LogP contribution in [0.2, 0.25) is 0 Å². The number of rotatable bonds is 9. The zero-order valence-corrected chi connectivity index (χ0v) is 20.2. The van der Waals surface area contributed by atoms with Crippen LogP contribution in [0.5, 0.6) is 0 Å². The Hall–Kier alpha value is -2.20. The third-order valence-corrected chi connectivity index (χ3v) is 5.72. The van der Waals surface area contributed by atoms with Crippen LogP contribution in [-0.4, -0.2) is 38.8 Å². The van der Waals surface area contributed by atoms with Gasteiger partial charge in [0.2, 0.25) is 0 Å². The first kappa shape index (κ1) is 24.1. The number of hydrogen-bond acceptors (Lipinski definition) is 3. The minimum Gasteiger partial charge on any atom is -0.357 e. The molecule has 6 nitrogen and oxygen atoms in total. The van der Waals surface area contributed by atoms with Gasteiger partial charge in [-0.05, 0) is 36.2 Å². The van der Waals surface area contributed by atoms with Crippen molar-refractivity contribution in [3.63, 3.8) is 0 Å². The molecular weight excluding hydrogens is 509 g/mol. The van der Waals surface area contributed by atoms with Gasteiger partial charge in [0.25, 0.3) is 0 Å². The lowest BCUT2D eigenvalue weighted by atomic mass is 10.1. The molecule has 1 heterocycles. The van der Waals surface area contributed by atoms with Gasteiger partial charge in [-0.1, -0.05) is 42.5 Å². The molecule has 3 rings (SSSR count). The predicted molar refractivity (Wildman–Crippen MR) is 134 cm³/mol. The van der Waals surface area contributed by atoms with Crippen LogP contribution in [-0.2, 0) is 23.9 Å². The number of hydrogen-bond donors (Lipinski definition) is 2. The first-order valence-electron chi connectivity index (χ1n) is 9.76. The molecule has 0 aliphatic rings. The van der Waals surface area contributed by atoms with Gasteiger partial charge in [0, 0.05) is 36.1 Å². The van der Waals surface area contributed by atoms with Gasteiger partial charge in [0.05, 0.1) is 23.9 Å². The molecule has 0 spiro atoms. The standard InChI is InChI=1S/C22H27N5OS.HI/c1-2-23-22(24-14-16-29(28)21-11-4-3-5-12-21)25-17-19-9-6-7-10-20(19)18-27-15-8-13-26-27;/h3-13,15H,2,14,16-18H2,1H3,(H2,23,24,25);1H. The normalized spacial score (nSPS) is 12.1. The number of aliphatic imine (C=N–C) groups is 1. The second-order valence-corrected chi connectivity index (χ2v) is 8.03. The summed E-state index contributed by atoms with van der Waals surface area (Å²) in [6.45, 7) is 4.67. The summed E-state index contributed by atoms with van der Waals surface area (Å²) < 4.78 is 14.3. The monoisotopic (exact) mass is 537 g/mol. The smallest absolute Gasteiger partial charge is 0.191 e. The minimum absolute atomic E-state index is 0. The molecule has 0 saturated carbocycles. The Morgan fingerprint density at radius 3 is 2.47 bits per heavy atom. The highest BCUT2D eigenvalue weighted by Gasteiger charge is 2.06. The average Bonchev–Trinajstić information content (AvgIpc) is 3.26. The average molecular weight is 537 g/mol. The fourth-order valence-electron chi connectivity index (χ4n) is 2.89. The largest absolute Gasteiger partial charge is 0.357 e. The van der Waals surface area contributed by atoms with Gasteiger partial charge in [0.15, 0.2) is 5.96 Å². The van der Waals surface area contributed by atoms with Crippen LogP contribution in [0.1, 0.15) is 18.1 Å². The number of benzene rings is 2. The van der Waals surface area contributed by atoms with Gasteiger partial charge in [0.1, 0.15) is 0 Å². The molecule has 8 heteroatoms. The van der Waals surface area contributed by atoms with Gasteiger partial charge < -0.3 is 10.6 Å². The highest BCUT2D eigenvalue weighted by atomic mass is 127. The number of nitrogens with zero attached hydrogens (tertiary/aromatic N) is 3. The van der Waals surface area contributed by atoms with Crippen molar-refractivity contribution < 1.29 is 4.21 Å². The molecule has 0 saturated heterocycles. The van der Waals surface area contributed by atoms with Gasteiger partial charge in [-0.3, -0.25) is 8.89 Å². The highest BCUT2D eigenvalue weighted by molar-refractivity contribution is 14.0. The van der Waals surface area contributed by atoms with Gasteiger partial charge in [-0.15, -0.1) is 24.0 Å². The van der Waals surface area contributed by atoms with Gasteiger partial charge in [-0.25, -0.2) is 4.99 Å². The SMILES string of the molecule is CCNC(=NCc1ccccc1Cn1cccn1)NCCS(=O)c1ccccc1.I. The van der Waals surface area contributed by atoms with E-state index in [1.807, 2.05) is 66.3 Å². The van der Waals surface area contributed by atoms with Crippen LogP contribution in [0.25, 0.3) is 0 Å². The molecule has 3 aromatic rings. The van der Waals surface area contributed by atoms with E-state index in [1.165, 1.54) is 5.56 Å². The lowest BCUT2D eigenvalue weighted by molar-refractivity contribution is 0.680. The first-order valence-corrected chi connectivity index (χ1v) is 11.1. The Morgan fingerprint density at radius 2 is 1.77 bits per heavy atom. The molecular formula is C22H28IN5OS. The third kappa shape index (κ3) is 7.56. The second kappa shape index (κ2) is 13.2. The van der Waals surface area contributed by atoms with E-state index in [2.05, 4.69) is 27.9 Å². The quantitative estimate of drug-likeness (QED) is 0.250. The minimum atomic E-state index is -1.02. The van der Waals surface area contributed by atoms with E-state index in [-0.39, 0.29) is 24.0 Å². The summed E-state index contributed by atoms with van der Waals surface area (Å²) in [5.74, 6) is 1.26. The lowest BCUT2D eigenvalue weighted by Gasteiger charge is -2.12. The summed E-state index contributed by atoms with van der Waals surface area (Å²) in [4.78, 5) is 5.56. The Bertz CT molecular complexity index is 932. The van der Waals surface area contributed by atoms with E-state index >= 15 is 0 Å². The van der Waals surface area contributed by atoms with Crippen LogP contribution < -0.4 is 10.6 Å². The molecule has 0 aliphatic heterocycles. The fraction of sp³-hybridized carbons (Fsp3) is 0.273. The van der Waals surface area contributed by atoms with E-state index in [9.17, 15) is 4.21 Å². The molecule has 0 bridgehead atoms. The summed E-state index contributed by atoms with van der Waals surface area (Å²) in [5, 5.41) is 10.8. The van der Waals surface area contributed by atoms with E-state index < -0.39 is 10.8 Å². The van der Waals surface area contributed by atoms with Crippen molar-refractivity contribution in [2.45, 2.75) is 24.9 Å². The zero-order valence-electron chi connectivity index (χ0n) is 17.0. The number of aromatic nitrogens is 2. The van der Waals surface area contributed by atoms with Crippen molar-refractivity contribution in [1.29, 1.82) is 0 Å². The van der Waals surface area contributed by atoms with Gasteiger partial charge >= 0.3 is 0 Å². The summed E-state index contributed by atoms with van der Waals surface area (Å²) in [5.41, 5.74) is 2.36. The van der Waals surface area contributed by atoms with Crippen molar-refractivity contribution in [2.24, 2.45) is 4.99 Å². The molecule has 0 aliphatic carbocycles. The predicted octanol–water partition coefficient (Wildman–Crippen LogP) is 3.41. The van der Waals surface area contributed by atoms with Crippen molar-refractivity contribution in [3.05, 3.63) is 84.2 Å². The lowest BCUT2D eigenvalue weighted by Crippen LogP contribution is -2.39. The van der Waals surface area contributed by atoms with Crippen molar-refractivity contribution >= 4 is 40.7 Å². The van der Waals surface area contributed by atoms with Crippen LogP contribution in [0, 0.1) is 0 Å². The Kier molecular flexibility index (Phi) is 10.6. The molecule has 1 aromatic heterocycles. The first-order chi connectivity index (χ1) is 14.3. The third-order valence-electron chi connectivity index (χ3n) is 4.35. The van der Waals surface area contributed by atoms with Crippen LogP contribution >= 0.6 is 24.0 Å². The summed E-state index contributed by atoms with van der Waals surface area (Å²) in [7, 11) is -1.02. The molecule has 30 heavy (non-hydrogen) atoms. The topological polar surface area (TPSA) is 71.3 Å². The van der Waals surface area contributed by atoms with Crippen LogP contribution in [0.4, 0.5) is 0 Å². The maximum absolute atomic E-state index is 12.4. The van der Waals surface area contributed by atoms with E-state index in [1.54, 1.807) is 6.20 Å². The molecule has 1 atom stereocenters. The maximum atomic E-state index is 12.4. The van der Waals surface area contributed by atoms with Crippen molar-refractivity contribution in [1.82, 2.24) is 20.4 Å². The Balaban J connectivity index is 0.00000320. The molecule has 0 amide bonds. The second-order valence-electron chi connectivity index (χ2n) is 6.46. The van der Waals surface area contributed by atoms with Crippen LogP contribution in [0.15, 0.2) is 82.9 Å². The summed E-state index contributed by atoms with van der Waals surface area (Å²) >= 11 is 0. The van der Waals surface area contributed by atoms with Gasteiger partial charge in [-0.2, -0.15) is 5.10 Å². The zero-order chi connectivity index (χ0) is 20.3. The molecule has 1 unspecified atom stereocenters. The molecule has 0 radical (unpaired) electrons. The number of nitrogens with one attached hydrogen (secondary N) is 2. The highest BCUT2D eigenvalue weighted by Crippen LogP contribution is 2.11. The van der Waals surface area contributed by atoms with Crippen molar-refractivity contribution in [2.75, 3.05) is 18.8 Å². The summed E-state index contributed by atoms with van der Waals surface area (Å²) in [6.07, 6.45) is 3.74. The summed E-state index contributed by atoms with van der Waals surface area (Å²) in [6, 6.07) is 19.7. The number of guanidine groups is 1. The molecule has 2 aromatic carbocycles. The molecule has 0 fully saturated rings. The maximum Gasteiger partial charge on any atom is 0.191 e. The van der Waals surface area contributed by atoms with Crippen LogP contribution in [0.3, 0.4) is 0 Å². The van der Waals surface area contributed by atoms with E-state index in [0.717, 1.165) is 29.5 Å². The fourth-order valence-corrected chi connectivity index (χ4v) is 3.88. The van der Waals surface area contributed by atoms with Crippen molar-refractivity contribution in [3.8, 4) is 0 Å².